The number of hydrogen-bond donors (Lipinski definition) is 1. The van der Waals surface area contributed by atoms with E-state index >= 15 is 0 Å². The van der Waals surface area contributed by atoms with Crippen LogP contribution in [-0.4, -0.2) is 30.4 Å². The number of hydrogen-bond acceptors (Lipinski definition) is 2. The minimum atomic E-state index is -0.283. The van der Waals surface area contributed by atoms with Crippen LogP contribution in [0, 0.1) is 17.6 Å². The fourth-order valence-electron chi connectivity index (χ4n) is 4.99. The van der Waals surface area contributed by atoms with E-state index in [1.807, 2.05) is 7.05 Å². The Labute approximate surface area is 233 Å². The highest BCUT2D eigenvalue weighted by atomic mass is 19.1. The highest BCUT2D eigenvalue weighted by Gasteiger charge is 2.25. The van der Waals surface area contributed by atoms with Crippen molar-refractivity contribution in [1.82, 2.24) is 10.2 Å². The molecule has 0 aliphatic carbocycles. The monoisotopic (exact) mass is 534 g/mol. The van der Waals surface area contributed by atoms with E-state index in [1.54, 1.807) is 24.3 Å². The van der Waals surface area contributed by atoms with Crippen molar-refractivity contribution < 1.29 is 13.6 Å². The van der Waals surface area contributed by atoms with Gasteiger partial charge in [0.15, 0.2) is 0 Å². The van der Waals surface area contributed by atoms with Gasteiger partial charge in [0.05, 0.1) is 6.04 Å². The molecule has 5 heteroatoms. The van der Waals surface area contributed by atoms with Crippen LogP contribution in [0.3, 0.4) is 0 Å². The van der Waals surface area contributed by atoms with Crippen LogP contribution in [0.25, 0.3) is 0 Å². The standard InChI is InChI=1S/C34H44F2N2O/c1-24(2)22-32(38(6)23-25-9-15-28(16-10-25)34(3,4)5)33(39)37-21-7-8-31(26-11-17-29(35)18-12-26)27-13-19-30(36)20-14-27/h9-20,24,31-32H,7-8,21-23H2,1-6H3,(H,37,39)/t32-/m0/s1. The lowest BCUT2D eigenvalue weighted by Crippen LogP contribution is -2.45. The third kappa shape index (κ3) is 9.28. The number of nitrogens with zero attached hydrogens (tertiary/aromatic N) is 1. The largest absolute Gasteiger partial charge is 0.355 e. The minimum Gasteiger partial charge on any atom is -0.355 e. The van der Waals surface area contributed by atoms with Crippen molar-refractivity contribution in [3.63, 3.8) is 0 Å². The summed E-state index contributed by atoms with van der Waals surface area (Å²) in [5, 5.41) is 3.16. The molecular weight excluding hydrogens is 490 g/mol. The van der Waals surface area contributed by atoms with Gasteiger partial charge in [-0.1, -0.05) is 83.1 Å². The Morgan fingerprint density at radius 3 is 1.82 bits per heavy atom. The van der Waals surface area contributed by atoms with Crippen LogP contribution in [-0.2, 0) is 16.8 Å². The van der Waals surface area contributed by atoms with Crippen LogP contribution >= 0.6 is 0 Å². The molecule has 0 saturated carbocycles. The minimum absolute atomic E-state index is 0.00620. The van der Waals surface area contributed by atoms with Gasteiger partial charge in [-0.15, -0.1) is 0 Å². The van der Waals surface area contributed by atoms with E-state index < -0.39 is 0 Å². The predicted molar refractivity (Wildman–Crippen MR) is 157 cm³/mol. The first-order chi connectivity index (χ1) is 18.4. The molecule has 1 amide bonds. The summed E-state index contributed by atoms with van der Waals surface area (Å²) in [6.45, 7) is 12.1. The number of likely N-dealkylation sites (N-methyl/N-ethyl adjacent to an activating group) is 1. The topological polar surface area (TPSA) is 32.3 Å². The predicted octanol–water partition coefficient (Wildman–Crippen LogP) is 7.84. The molecular formula is C34H44F2N2O. The van der Waals surface area contributed by atoms with Gasteiger partial charge in [-0.2, -0.15) is 0 Å². The summed E-state index contributed by atoms with van der Waals surface area (Å²) in [6.07, 6.45) is 2.27. The van der Waals surface area contributed by atoms with Gasteiger partial charge in [0, 0.05) is 19.0 Å². The van der Waals surface area contributed by atoms with Crippen LogP contribution in [0.4, 0.5) is 8.78 Å². The first-order valence-corrected chi connectivity index (χ1v) is 14.0. The van der Waals surface area contributed by atoms with Gasteiger partial charge < -0.3 is 5.32 Å². The third-order valence-electron chi connectivity index (χ3n) is 7.29. The summed E-state index contributed by atoms with van der Waals surface area (Å²) < 4.78 is 27.1. The molecule has 3 aromatic rings. The zero-order chi connectivity index (χ0) is 28.6. The Balaban J connectivity index is 1.61. The molecule has 3 rings (SSSR count). The maximum absolute atomic E-state index is 13.5. The number of carbonyl (C=O) groups is 1. The molecule has 0 aliphatic heterocycles. The number of benzene rings is 3. The number of nitrogens with one attached hydrogen (secondary N) is 1. The van der Waals surface area contributed by atoms with E-state index in [2.05, 4.69) is 69.1 Å². The first-order valence-electron chi connectivity index (χ1n) is 14.0. The Kier molecular flexibility index (Phi) is 10.8. The highest BCUT2D eigenvalue weighted by Crippen LogP contribution is 2.29. The molecule has 0 spiro atoms. The maximum atomic E-state index is 13.5. The number of rotatable bonds is 12. The van der Waals surface area contributed by atoms with Gasteiger partial charge in [0.25, 0.3) is 0 Å². The fourth-order valence-corrected chi connectivity index (χ4v) is 4.99. The molecule has 0 bridgehead atoms. The van der Waals surface area contributed by atoms with E-state index in [9.17, 15) is 13.6 Å². The molecule has 1 N–H and O–H groups in total. The Hall–Kier alpha value is -3.05. The number of carbonyl (C=O) groups excluding carboxylic acids is 1. The smallest absolute Gasteiger partial charge is 0.237 e. The van der Waals surface area contributed by atoms with Crippen LogP contribution < -0.4 is 5.32 Å². The van der Waals surface area contributed by atoms with Crippen molar-refractivity contribution in [1.29, 1.82) is 0 Å². The SMILES string of the molecule is CC(C)C[C@@H](C(=O)NCCCC(c1ccc(F)cc1)c1ccc(F)cc1)N(C)Cc1ccc(C(C)(C)C)cc1. The van der Waals surface area contributed by atoms with E-state index in [0.29, 0.717) is 19.0 Å². The molecule has 3 aromatic carbocycles. The van der Waals surface area contributed by atoms with Crippen molar-refractivity contribution in [2.45, 2.75) is 77.8 Å². The summed E-state index contributed by atoms with van der Waals surface area (Å²) in [5.41, 5.74) is 4.54. The number of halogens is 2. The van der Waals surface area contributed by atoms with Gasteiger partial charge >= 0.3 is 0 Å². The quantitative estimate of drug-likeness (QED) is 0.240. The molecule has 0 heterocycles. The Morgan fingerprint density at radius 1 is 0.846 bits per heavy atom. The van der Waals surface area contributed by atoms with E-state index in [1.165, 1.54) is 35.4 Å². The Bertz CT molecular complexity index is 1120. The van der Waals surface area contributed by atoms with Gasteiger partial charge in [-0.05, 0) is 84.2 Å². The second-order valence-electron chi connectivity index (χ2n) is 12.1. The molecule has 0 aromatic heterocycles. The summed E-state index contributed by atoms with van der Waals surface area (Å²) in [5.74, 6) is -0.151. The Morgan fingerprint density at radius 2 is 1.36 bits per heavy atom. The van der Waals surface area contributed by atoms with Crippen molar-refractivity contribution in [2.75, 3.05) is 13.6 Å². The van der Waals surface area contributed by atoms with Crippen LogP contribution in [0.2, 0.25) is 0 Å². The molecule has 0 radical (unpaired) electrons. The van der Waals surface area contributed by atoms with Crippen LogP contribution in [0.1, 0.15) is 82.1 Å². The molecule has 0 saturated heterocycles. The second kappa shape index (κ2) is 13.8. The number of amides is 1. The summed E-state index contributed by atoms with van der Waals surface area (Å²) in [6, 6.07) is 21.4. The van der Waals surface area contributed by atoms with E-state index in [-0.39, 0.29) is 34.9 Å². The lowest BCUT2D eigenvalue weighted by atomic mass is 9.86. The van der Waals surface area contributed by atoms with E-state index in [4.69, 9.17) is 0 Å². The summed E-state index contributed by atoms with van der Waals surface area (Å²) >= 11 is 0. The van der Waals surface area contributed by atoms with Crippen LogP contribution in [0.15, 0.2) is 72.8 Å². The van der Waals surface area contributed by atoms with Gasteiger partial charge in [0.2, 0.25) is 5.91 Å². The maximum Gasteiger partial charge on any atom is 0.237 e. The zero-order valence-corrected chi connectivity index (χ0v) is 24.3. The normalized spacial score (nSPS) is 12.8. The summed E-state index contributed by atoms with van der Waals surface area (Å²) in [7, 11) is 2.02. The molecule has 0 aliphatic rings. The van der Waals surface area contributed by atoms with Crippen molar-refractivity contribution in [3.8, 4) is 0 Å². The molecule has 0 unspecified atom stereocenters. The van der Waals surface area contributed by atoms with Crippen molar-refractivity contribution in [2.24, 2.45) is 5.92 Å². The average Bonchev–Trinajstić information content (AvgIpc) is 2.88. The molecule has 210 valence electrons. The fraction of sp³-hybridized carbons (Fsp3) is 0.441. The van der Waals surface area contributed by atoms with Gasteiger partial charge in [0.1, 0.15) is 11.6 Å². The highest BCUT2D eigenvalue weighted by molar-refractivity contribution is 5.81. The zero-order valence-electron chi connectivity index (χ0n) is 24.3. The molecule has 39 heavy (non-hydrogen) atoms. The van der Waals surface area contributed by atoms with Gasteiger partial charge in [-0.3, -0.25) is 9.69 Å². The van der Waals surface area contributed by atoms with E-state index in [0.717, 1.165) is 30.4 Å². The average molecular weight is 535 g/mol. The molecule has 0 fully saturated rings. The van der Waals surface area contributed by atoms with Crippen molar-refractivity contribution in [3.05, 3.63) is 107 Å². The second-order valence-corrected chi connectivity index (χ2v) is 12.1. The van der Waals surface area contributed by atoms with Crippen molar-refractivity contribution >= 4 is 5.91 Å². The molecule has 3 nitrogen and oxygen atoms in total. The first kappa shape index (κ1) is 30.5. The summed E-state index contributed by atoms with van der Waals surface area (Å²) in [4.78, 5) is 15.5. The lowest BCUT2D eigenvalue weighted by Gasteiger charge is -2.29. The molecule has 1 atom stereocenters. The third-order valence-corrected chi connectivity index (χ3v) is 7.29. The lowest BCUT2D eigenvalue weighted by molar-refractivity contribution is -0.126. The van der Waals surface area contributed by atoms with Gasteiger partial charge in [-0.25, -0.2) is 8.78 Å². The van der Waals surface area contributed by atoms with Crippen LogP contribution in [0.5, 0.6) is 0 Å².